The van der Waals surface area contributed by atoms with E-state index in [-0.39, 0.29) is 11.8 Å². The van der Waals surface area contributed by atoms with Gasteiger partial charge in [0.1, 0.15) is 11.5 Å². The number of methoxy groups -OCH3 is 3. The first-order chi connectivity index (χ1) is 10.1. The third kappa shape index (κ3) is 5.53. The summed E-state index contributed by atoms with van der Waals surface area (Å²) in [4.78, 5) is 2.28. The minimum Gasteiger partial charge on any atom is -0.507 e. The quantitative estimate of drug-likeness (QED) is 0.672. The molecule has 0 heterocycles. The normalized spacial score (nSPS) is 12.6. The Bertz CT molecular complexity index is 411. The summed E-state index contributed by atoms with van der Waals surface area (Å²) >= 11 is 0. The van der Waals surface area contributed by atoms with E-state index in [1.54, 1.807) is 27.4 Å². The summed E-state index contributed by atoms with van der Waals surface area (Å²) in [5.74, 6) is 0.919. The van der Waals surface area contributed by atoms with Gasteiger partial charge in [-0.15, -0.1) is 0 Å². The summed E-state index contributed by atoms with van der Waals surface area (Å²) in [5, 5.41) is 10.2. The number of ether oxygens (including phenoxy) is 3. The molecule has 1 rings (SSSR count). The van der Waals surface area contributed by atoms with Crippen LogP contribution in [0.15, 0.2) is 18.2 Å². The molecular formula is C16H27NO4. The number of hydrogen-bond donors (Lipinski definition) is 1. The number of benzene rings is 1. The predicted molar refractivity (Wildman–Crippen MR) is 83.0 cm³/mol. The van der Waals surface area contributed by atoms with Crippen LogP contribution in [-0.4, -0.2) is 57.6 Å². The van der Waals surface area contributed by atoms with E-state index in [1.807, 2.05) is 12.1 Å². The van der Waals surface area contributed by atoms with Gasteiger partial charge in [-0.05, 0) is 19.4 Å². The van der Waals surface area contributed by atoms with Gasteiger partial charge < -0.3 is 19.3 Å². The van der Waals surface area contributed by atoms with Crippen LogP contribution in [0.2, 0.25) is 0 Å². The van der Waals surface area contributed by atoms with Crippen molar-refractivity contribution in [3.05, 3.63) is 23.8 Å². The number of aromatic hydroxyl groups is 1. The molecule has 0 aromatic heterocycles. The lowest BCUT2D eigenvalue weighted by Gasteiger charge is -2.29. The lowest BCUT2D eigenvalue weighted by molar-refractivity contribution is 0.110. The summed E-state index contributed by atoms with van der Waals surface area (Å²) in [6.45, 7) is 5.18. The summed E-state index contributed by atoms with van der Waals surface area (Å²) in [6, 6.07) is 5.53. The van der Waals surface area contributed by atoms with Crippen molar-refractivity contribution in [1.82, 2.24) is 4.90 Å². The molecule has 0 saturated heterocycles. The van der Waals surface area contributed by atoms with Crippen molar-refractivity contribution in [2.45, 2.75) is 19.4 Å². The maximum absolute atomic E-state index is 10.2. The fraction of sp³-hybridized carbons (Fsp3) is 0.625. The predicted octanol–water partition coefficient (Wildman–Crippen LogP) is 2.45. The molecule has 5 nitrogen and oxygen atoms in total. The minimum absolute atomic E-state index is 0.0999. The van der Waals surface area contributed by atoms with Gasteiger partial charge in [-0.25, -0.2) is 0 Å². The van der Waals surface area contributed by atoms with Crippen LogP contribution in [-0.2, 0) is 9.47 Å². The molecule has 21 heavy (non-hydrogen) atoms. The van der Waals surface area contributed by atoms with Gasteiger partial charge >= 0.3 is 0 Å². The van der Waals surface area contributed by atoms with Crippen LogP contribution in [0.25, 0.3) is 0 Å². The number of rotatable bonds is 10. The molecule has 1 aromatic rings. The van der Waals surface area contributed by atoms with Crippen molar-refractivity contribution >= 4 is 0 Å². The summed E-state index contributed by atoms with van der Waals surface area (Å²) in [6.07, 6.45) is 0.946. The molecule has 1 aromatic carbocycles. The molecule has 5 heteroatoms. The van der Waals surface area contributed by atoms with Gasteiger partial charge in [0.25, 0.3) is 0 Å². The Morgan fingerprint density at radius 2 is 1.81 bits per heavy atom. The Hall–Kier alpha value is -1.30. The van der Waals surface area contributed by atoms with Crippen molar-refractivity contribution in [3.8, 4) is 11.5 Å². The van der Waals surface area contributed by atoms with Gasteiger partial charge in [0.15, 0.2) is 0 Å². The molecule has 1 unspecified atom stereocenters. The van der Waals surface area contributed by atoms with Crippen molar-refractivity contribution in [1.29, 1.82) is 0 Å². The van der Waals surface area contributed by atoms with Crippen LogP contribution in [0.5, 0.6) is 11.5 Å². The Kier molecular flexibility index (Phi) is 8.12. The molecule has 0 fully saturated rings. The lowest BCUT2D eigenvalue weighted by Crippen LogP contribution is -2.32. The molecule has 1 atom stereocenters. The van der Waals surface area contributed by atoms with E-state index >= 15 is 0 Å². The van der Waals surface area contributed by atoms with Crippen LogP contribution in [0.1, 0.15) is 24.9 Å². The second-order valence-electron chi connectivity index (χ2n) is 4.98. The average molecular weight is 297 g/mol. The summed E-state index contributed by atoms with van der Waals surface area (Å²) < 4.78 is 15.4. The molecule has 120 valence electrons. The topological polar surface area (TPSA) is 51.2 Å². The monoisotopic (exact) mass is 297 g/mol. The highest BCUT2D eigenvalue weighted by Crippen LogP contribution is 2.31. The van der Waals surface area contributed by atoms with E-state index in [2.05, 4.69) is 11.8 Å². The van der Waals surface area contributed by atoms with E-state index in [0.29, 0.717) is 12.4 Å². The fourth-order valence-corrected chi connectivity index (χ4v) is 2.32. The van der Waals surface area contributed by atoms with E-state index in [0.717, 1.165) is 31.7 Å². The molecule has 0 amide bonds. The van der Waals surface area contributed by atoms with Crippen LogP contribution in [0, 0.1) is 0 Å². The highest BCUT2D eigenvalue weighted by atomic mass is 16.5. The standard InChI is InChI=1S/C16H27NO4/c1-13(15-7-6-14(21-4)12-16(15)18)17(9-11-20-3)8-5-10-19-2/h6-7,12-13,18H,5,8-11H2,1-4H3. The van der Waals surface area contributed by atoms with Crippen LogP contribution >= 0.6 is 0 Å². The van der Waals surface area contributed by atoms with Crippen molar-refractivity contribution < 1.29 is 19.3 Å². The van der Waals surface area contributed by atoms with Gasteiger partial charge in [-0.3, -0.25) is 4.90 Å². The van der Waals surface area contributed by atoms with Gasteiger partial charge in [0.2, 0.25) is 0 Å². The Balaban J connectivity index is 2.79. The molecule has 0 aliphatic rings. The average Bonchev–Trinajstić information content (AvgIpc) is 2.50. The number of hydrogen-bond acceptors (Lipinski definition) is 5. The molecule has 0 radical (unpaired) electrons. The highest BCUT2D eigenvalue weighted by Gasteiger charge is 2.18. The molecule has 0 aliphatic carbocycles. The molecule has 0 bridgehead atoms. The van der Waals surface area contributed by atoms with Gasteiger partial charge in [0, 0.05) is 51.6 Å². The van der Waals surface area contributed by atoms with E-state index in [1.165, 1.54) is 0 Å². The first-order valence-corrected chi connectivity index (χ1v) is 7.22. The zero-order valence-corrected chi connectivity index (χ0v) is 13.5. The number of nitrogens with zero attached hydrogens (tertiary/aromatic N) is 1. The summed E-state index contributed by atoms with van der Waals surface area (Å²) in [5.41, 5.74) is 0.893. The molecule has 1 N–H and O–H groups in total. The second kappa shape index (κ2) is 9.60. The largest absolute Gasteiger partial charge is 0.507 e. The Morgan fingerprint density at radius 3 is 2.38 bits per heavy atom. The van der Waals surface area contributed by atoms with Gasteiger partial charge in [-0.1, -0.05) is 6.07 Å². The van der Waals surface area contributed by atoms with E-state index in [4.69, 9.17) is 14.2 Å². The van der Waals surface area contributed by atoms with Crippen LogP contribution < -0.4 is 4.74 Å². The zero-order valence-electron chi connectivity index (χ0n) is 13.5. The van der Waals surface area contributed by atoms with E-state index < -0.39 is 0 Å². The minimum atomic E-state index is 0.0999. The van der Waals surface area contributed by atoms with Crippen molar-refractivity contribution in [2.75, 3.05) is 47.6 Å². The SMILES string of the molecule is COCCCN(CCOC)C(C)c1ccc(OC)cc1O. The first kappa shape index (κ1) is 17.8. The molecular weight excluding hydrogens is 270 g/mol. The maximum atomic E-state index is 10.2. The number of phenols is 1. The highest BCUT2D eigenvalue weighted by molar-refractivity contribution is 5.41. The first-order valence-electron chi connectivity index (χ1n) is 7.22. The van der Waals surface area contributed by atoms with E-state index in [9.17, 15) is 5.11 Å². The van der Waals surface area contributed by atoms with Gasteiger partial charge in [-0.2, -0.15) is 0 Å². The zero-order chi connectivity index (χ0) is 15.7. The maximum Gasteiger partial charge on any atom is 0.124 e. The smallest absolute Gasteiger partial charge is 0.124 e. The van der Waals surface area contributed by atoms with Crippen LogP contribution in [0.4, 0.5) is 0 Å². The molecule has 0 spiro atoms. The van der Waals surface area contributed by atoms with Crippen molar-refractivity contribution in [2.24, 2.45) is 0 Å². The molecule has 0 saturated carbocycles. The van der Waals surface area contributed by atoms with Gasteiger partial charge in [0.05, 0.1) is 13.7 Å². The Morgan fingerprint density at radius 1 is 1.10 bits per heavy atom. The third-order valence-electron chi connectivity index (χ3n) is 3.61. The lowest BCUT2D eigenvalue weighted by atomic mass is 10.0. The second-order valence-corrected chi connectivity index (χ2v) is 4.98. The van der Waals surface area contributed by atoms with Crippen molar-refractivity contribution in [3.63, 3.8) is 0 Å². The summed E-state index contributed by atoms with van der Waals surface area (Å²) in [7, 11) is 4.99. The number of phenolic OH excluding ortho intramolecular Hbond substituents is 1. The molecule has 0 aliphatic heterocycles. The fourth-order valence-electron chi connectivity index (χ4n) is 2.32. The van der Waals surface area contributed by atoms with Crippen LogP contribution in [0.3, 0.4) is 0 Å². The Labute approximate surface area is 127 Å². The third-order valence-corrected chi connectivity index (χ3v) is 3.61.